The number of carboxylic acid groups (broad SMARTS) is 1. The summed E-state index contributed by atoms with van der Waals surface area (Å²) < 4.78 is 0. The van der Waals surface area contributed by atoms with Crippen LogP contribution in [0.3, 0.4) is 0 Å². The standard InChI is InChI=1S/C16H32O2.C4H11P/c1-2-3-4-5-6-7-8-9-10-11-12-13-14-15-16(17)18;1-2-3-4-5/h2-15H2,1H3,(H,17,18);2-5H2,1H3. The number of carbonyl (C=O) groups is 1. The second-order valence-electron chi connectivity index (χ2n) is 6.53. The van der Waals surface area contributed by atoms with Crippen molar-refractivity contribution < 1.29 is 9.90 Å². The van der Waals surface area contributed by atoms with Crippen LogP contribution >= 0.6 is 9.24 Å². The van der Waals surface area contributed by atoms with Crippen molar-refractivity contribution in [1.29, 1.82) is 0 Å². The summed E-state index contributed by atoms with van der Waals surface area (Å²) in [7, 11) is 2.70. The van der Waals surface area contributed by atoms with Crippen LogP contribution in [-0.4, -0.2) is 17.2 Å². The summed E-state index contributed by atoms with van der Waals surface area (Å²) in [5.74, 6) is -0.655. The molecule has 0 radical (unpaired) electrons. The molecule has 0 saturated heterocycles. The second-order valence-corrected chi connectivity index (χ2v) is 7.11. The molecular formula is C20H43O2P. The Balaban J connectivity index is 0. The smallest absolute Gasteiger partial charge is 0.303 e. The van der Waals surface area contributed by atoms with Crippen molar-refractivity contribution in [2.24, 2.45) is 0 Å². The molecule has 1 unspecified atom stereocenters. The van der Waals surface area contributed by atoms with E-state index in [-0.39, 0.29) is 0 Å². The van der Waals surface area contributed by atoms with Gasteiger partial charge in [-0.15, -0.1) is 9.24 Å². The minimum atomic E-state index is -0.655. The van der Waals surface area contributed by atoms with Crippen LogP contribution in [-0.2, 0) is 4.79 Å². The van der Waals surface area contributed by atoms with E-state index >= 15 is 0 Å². The lowest BCUT2D eigenvalue weighted by Gasteiger charge is -2.02. The molecule has 0 aromatic carbocycles. The van der Waals surface area contributed by atoms with Crippen molar-refractivity contribution in [2.75, 3.05) is 6.16 Å². The van der Waals surface area contributed by atoms with Gasteiger partial charge in [0, 0.05) is 6.42 Å². The normalized spacial score (nSPS) is 10.2. The van der Waals surface area contributed by atoms with E-state index in [9.17, 15) is 4.79 Å². The van der Waals surface area contributed by atoms with Gasteiger partial charge < -0.3 is 5.11 Å². The predicted octanol–water partition coefficient (Wildman–Crippen LogP) is 7.21. The third-order valence-electron chi connectivity index (χ3n) is 4.05. The molecule has 0 aliphatic heterocycles. The quantitative estimate of drug-likeness (QED) is 0.237. The highest BCUT2D eigenvalue weighted by molar-refractivity contribution is 7.16. The molecule has 0 spiro atoms. The van der Waals surface area contributed by atoms with E-state index in [0.717, 1.165) is 12.8 Å². The van der Waals surface area contributed by atoms with Crippen LogP contribution in [0, 0.1) is 0 Å². The average molecular weight is 347 g/mol. The van der Waals surface area contributed by atoms with E-state index < -0.39 is 5.97 Å². The van der Waals surface area contributed by atoms with Gasteiger partial charge in [0.1, 0.15) is 0 Å². The third kappa shape index (κ3) is 30.4. The van der Waals surface area contributed by atoms with Crippen molar-refractivity contribution in [3.63, 3.8) is 0 Å². The summed E-state index contributed by atoms with van der Waals surface area (Å²) in [6, 6.07) is 0. The van der Waals surface area contributed by atoms with Gasteiger partial charge in [0.2, 0.25) is 0 Å². The summed E-state index contributed by atoms with van der Waals surface area (Å²) in [5.41, 5.74) is 0. The highest BCUT2D eigenvalue weighted by atomic mass is 31.0. The first-order valence-electron chi connectivity index (χ1n) is 10.1. The summed E-state index contributed by atoms with van der Waals surface area (Å²) in [6.45, 7) is 4.46. The molecule has 0 heterocycles. The fourth-order valence-electron chi connectivity index (χ4n) is 2.50. The molecule has 2 nitrogen and oxygen atoms in total. The van der Waals surface area contributed by atoms with Gasteiger partial charge in [-0.05, 0) is 12.6 Å². The molecule has 3 heteroatoms. The molecule has 0 rings (SSSR count). The number of unbranched alkanes of at least 4 members (excludes halogenated alkanes) is 13. The minimum Gasteiger partial charge on any atom is -0.481 e. The lowest BCUT2D eigenvalue weighted by molar-refractivity contribution is -0.137. The molecule has 0 amide bonds. The lowest BCUT2D eigenvalue weighted by Crippen LogP contribution is -1.93. The van der Waals surface area contributed by atoms with Crippen LogP contribution in [0.15, 0.2) is 0 Å². The molecule has 0 saturated carbocycles. The zero-order chi connectivity index (χ0) is 17.6. The van der Waals surface area contributed by atoms with Gasteiger partial charge in [0.25, 0.3) is 0 Å². The Morgan fingerprint density at radius 1 is 0.652 bits per heavy atom. The molecule has 0 bridgehead atoms. The van der Waals surface area contributed by atoms with Gasteiger partial charge >= 0.3 is 5.97 Å². The Bertz CT molecular complexity index is 218. The van der Waals surface area contributed by atoms with Crippen LogP contribution < -0.4 is 0 Å². The molecule has 140 valence electrons. The van der Waals surface area contributed by atoms with Crippen molar-refractivity contribution in [1.82, 2.24) is 0 Å². The predicted molar refractivity (Wildman–Crippen MR) is 107 cm³/mol. The second kappa shape index (κ2) is 24.2. The van der Waals surface area contributed by atoms with Crippen molar-refractivity contribution in [2.45, 2.75) is 117 Å². The molecule has 0 fully saturated rings. The zero-order valence-electron chi connectivity index (χ0n) is 16.0. The van der Waals surface area contributed by atoms with Gasteiger partial charge in [0.05, 0.1) is 0 Å². The fourth-order valence-corrected chi connectivity index (χ4v) is 2.91. The Labute approximate surface area is 148 Å². The molecule has 0 aromatic heterocycles. The number of hydrogen-bond acceptors (Lipinski definition) is 1. The van der Waals surface area contributed by atoms with Crippen molar-refractivity contribution in [3.05, 3.63) is 0 Å². The van der Waals surface area contributed by atoms with E-state index in [1.807, 2.05) is 0 Å². The number of carboxylic acids is 1. The van der Waals surface area contributed by atoms with Gasteiger partial charge in [0.15, 0.2) is 0 Å². The maximum Gasteiger partial charge on any atom is 0.303 e. The third-order valence-corrected chi connectivity index (χ3v) is 4.46. The van der Waals surface area contributed by atoms with E-state index in [1.54, 1.807) is 0 Å². The van der Waals surface area contributed by atoms with Crippen LogP contribution in [0.5, 0.6) is 0 Å². The van der Waals surface area contributed by atoms with Gasteiger partial charge in [-0.1, -0.05) is 104 Å². The lowest BCUT2D eigenvalue weighted by atomic mass is 10.0. The van der Waals surface area contributed by atoms with Crippen LogP contribution in [0.1, 0.15) is 117 Å². The maximum atomic E-state index is 10.3. The number of rotatable bonds is 16. The monoisotopic (exact) mass is 346 g/mol. The van der Waals surface area contributed by atoms with Gasteiger partial charge in [-0.3, -0.25) is 4.79 Å². The largest absolute Gasteiger partial charge is 0.481 e. The van der Waals surface area contributed by atoms with Crippen molar-refractivity contribution >= 4 is 15.2 Å². The maximum absolute atomic E-state index is 10.3. The summed E-state index contributed by atoms with van der Waals surface area (Å²) in [6.07, 6.45) is 21.2. The van der Waals surface area contributed by atoms with E-state index in [0.29, 0.717) is 6.42 Å². The molecule has 23 heavy (non-hydrogen) atoms. The SMILES string of the molecule is CCCCCCCCCCCCCCCC(=O)O.CCCCP. The van der Waals surface area contributed by atoms with E-state index in [1.165, 1.54) is 89.6 Å². The molecule has 1 atom stereocenters. The highest BCUT2D eigenvalue weighted by Crippen LogP contribution is 2.12. The first kappa shape index (κ1) is 25.1. The average Bonchev–Trinajstić information content (AvgIpc) is 2.53. The van der Waals surface area contributed by atoms with Crippen LogP contribution in [0.4, 0.5) is 0 Å². The molecule has 1 N–H and O–H groups in total. The topological polar surface area (TPSA) is 37.3 Å². The Hall–Kier alpha value is -0.100. The van der Waals surface area contributed by atoms with Crippen molar-refractivity contribution in [3.8, 4) is 0 Å². The summed E-state index contributed by atoms with van der Waals surface area (Å²) in [5, 5.41) is 8.49. The number of aliphatic carboxylic acids is 1. The Morgan fingerprint density at radius 3 is 1.26 bits per heavy atom. The summed E-state index contributed by atoms with van der Waals surface area (Å²) in [4.78, 5) is 10.3. The Kier molecular flexibility index (Phi) is 26.4. The summed E-state index contributed by atoms with van der Waals surface area (Å²) >= 11 is 0. The minimum absolute atomic E-state index is 0.345. The fraction of sp³-hybridized carbons (Fsp3) is 0.950. The van der Waals surface area contributed by atoms with Crippen LogP contribution in [0.2, 0.25) is 0 Å². The van der Waals surface area contributed by atoms with Gasteiger partial charge in [-0.25, -0.2) is 0 Å². The first-order chi connectivity index (χ1) is 11.2. The first-order valence-corrected chi connectivity index (χ1v) is 10.9. The molecular weight excluding hydrogens is 303 g/mol. The van der Waals surface area contributed by atoms with E-state index in [2.05, 4.69) is 23.1 Å². The van der Waals surface area contributed by atoms with Crippen LogP contribution in [0.25, 0.3) is 0 Å². The molecule has 0 aliphatic rings. The van der Waals surface area contributed by atoms with E-state index in [4.69, 9.17) is 5.11 Å². The zero-order valence-corrected chi connectivity index (χ0v) is 17.1. The molecule has 0 aromatic rings. The Morgan fingerprint density at radius 2 is 1.00 bits per heavy atom. The van der Waals surface area contributed by atoms with Gasteiger partial charge in [-0.2, -0.15) is 0 Å². The highest BCUT2D eigenvalue weighted by Gasteiger charge is 1.96. The number of hydrogen-bond donors (Lipinski definition) is 1. The molecule has 0 aliphatic carbocycles.